The van der Waals surface area contributed by atoms with Crippen molar-refractivity contribution >= 4 is 5.91 Å². The Morgan fingerprint density at radius 3 is 2.78 bits per heavy atom. The van der Waals surface area contributed by atoms with Gasteiger partial charge in [0.2, 0.25) is 6.79 Å². The lowest BCUT2D eigenvalue weighted by molar-refractivity contribution is -0.135. The first-order valence-corrected chi connectivity index (χ1v) is 5.56. The van der Waals surface area contributed by atoms with Crippen LogP contribution in [0.2, 0.25) is 0 Å². The zero-order valence-corrected chi connectivity index (χ0v) is 10.4. The molecule has 0 aliphatic carbocycles. The van der Waals surface area contributed by atoms with Crippen LogP contribution in [0, 0.1) is 6.92 Å². The molecule has 1 aliphatic heterocycles. The zero-order valence-electron chi connectivity index (χ0n) is 10.4. The molecule has 0 spiro atoms. The second-order valence-electron chi connectivity index (χ2n) is 4.13. The Balaban J connectivity index is 1.96. The van der Waals surface area contributed by atoms with Crippen molar-refractivity contribution in [2.24, 2.45) is 5.84 Å². The van der Waals surface area contributed by atoms with Gasteiger partial charge in [-0.25, -0.2) is 5.84 Å². The highest BCUT2D eigenvalue weighted by Gasteiger charge is 2.15. The minimum absolute atomic E-state index is 0.0408. The van der Waals surface area contributed by atoms with Gasteiger partial charge in [-0.3, -0.25) is 9.80 Å². The van der Waals surface area contributed by atoms with E-state index < -0.39 is 0 Å². The van der Waals surface area contributed by atoms with Gasteiger partial charge in [-0.2, -0.15) is 0 Å². The summed E-state index contributed by atoms with van der Waals surface area (Å²) in [5, 5.41) is 1.01. The summed E-state index contributed by atoms with van der Waals surface area (Å²) in [6, 6.07) is 3.77. The van der Waals surface area contributed by atoms with Crippen molar-refractivity contribution in [3.05, 3.63) is 23.3 Å². The number of rotatable bonds is 4. The molecule has 0 unspecified atom stereocenters. The number of aryl methyl sites for hydroxylation is 1. The number of carbonyl (C=O) groups excluding carboxylic acids is 1. The quantitative estimate of drug-likeness (QED) is 0.482. The molecule has 1 heterocycles. The molecule has 2 N–H and O–H groups in total. The molecule has 0 aromatic heterocycles. The smallest absolute Gasteiger partial charge is 0.262 e. The second kappa shape index (κ2) is 5.24. The second-order valence-corrected chi connectivity index (χ2v) is 4.13. The number of fused-ring (bicyclic) bond motifs is 1. The monoisotopic (exact) mass is 252 g/mol. The van der Waals surface area contributed by atoms with Crippen LogP contribution in [0.3, 0.4) is 0 Å². The molecule has 18 heavy (non-hydrogen) atoms. The van der Waals surface area contributed by atoms with Gasteiger partial charge in [-0.1, -0.05) is 0 Å². The number of hydrogen-bond acceptors (Lipinski definition) is 5. The summed E-state index contributed by atoms with van der Waals surface area (Å²) in [7, 11) is 1.48. The first-order valence-electron chi connectivity index (χ1n) is 5.56. The Bertz CT molecular complexity index is 460. The molecule has 1 aromatic rings. The minimum Gasteiger partial charge on any atom is -0.454 e. The summed E-state index contributed by atoms with van der Waals surface area (Å²) < 4.78 is 15.9. The van der Waals surface area contributed by atoms with Gasteiger partial charge in [0.1, 0.15) is 6.61 Å². The molecular formula is C12H16N2O4. The zero-order chi connectivity index (χ0) is 13.1. The predicted octanol–water partition coefficient (Wildman–Crippen LogP) is 0.572. The maximum Gasteiger partial charge on any atom is 0.262 e. The van der Waals surface area contributed by atoms with E-state index in [0.29, 0.717) is 12.4 Å². The molecule has 0 bridgehead atoms. The van der Waals surface area contributed by atoms with Crippen LogP contribution in [0.1, 0.15) is 11.1 Å². The summed E-state index contributed by atoms with van der Waals surface area (Å²) in [5.74, 6) is 6.47. The number of hydrogen-bond donors (Lipinski definition) is 1. The molecule has 1 amide bonds. The van der Waals surface area contributed by atoms with Gasteiger partial charge < -0.3 is 14.2 Å². The van der Waals surface area contributed by atoms with Crippen LogP contribution < -0.4 is 15.3 Å². The molecule has 0 atom stereocenters. The third-order valence-electron chi connectivity index (χ3n) is 2.71. The SMILES string of the molecule is Cc1cc2c(cc1COCC(=O)N(C)N)OCO2. The fraction of sp³-hybridized carbons (Fsp3) is 0.417. The van der Waals surface area contributed by atoms with E-state index in [4.69, 9.17) is 20.1 Å². The fourth-order valence-electron chi connectivity index (χ4n) is 1.59. The number of carbonyl (C=O) groups is 1. The van der Waals surface area contributed by atoms with E-state index in [9.17, 15) is 4.79 Å². The largest absolute Gasteiger partial charge is 0.454 e. The summed E-state index contributed by atoms with van der Waals surface area (Å²) >= 11 is 0. The lowest BCUT2D eigenvalue weighted by Crippen LogP contribution is -2.35. The lowest BCUT2D eigenvalue weighted by Gasteiger charge is -2.11. The molecule has 0 fully saturated rings. The number of likely N-dealkylation sites (N-methyl/N-ethyl adjacent to an activating group) is 1. The maximum absolute atomic E-state index is 11.2. The van der Waals surface area contributed by atoms with Crippen LogP contribution in [0.5, 0.6) is 11.5 Å². The van der Waals surface area contributed by atoms with Crippen molar-refractivity contribution in [2.45, 2.75) is 13.5 Å². The van der Waals surface area contributed by atoms with Gasteiger partial charge in [0.25, 0.3) is 5.91 Å². The summed E-state index contributed by atoms with van der Waals surface area (Å²) in [5.41, 5.74) is 2.00. The molecule has 98 valence electrons. The number of ether oxygens (including phenoxy) is 3. The molecule has 2 rings (SSSR count). The van der Waals surface area contributed by atoms with Gasteiger partial charge in [0, 0.05) is 7.05 Å². The first-order chi connectivity index (χ1) is 8.58. The minimum atomic E-state index is -0.270. The molecule has 0 saturated carbocycles. The van der Waals surface area contributed by atoms with E-state index in [1.54, 1.807) is 0 Å². The van der Waals surface area contributed by atoms with E-state index in [1.165, 1.54) is 7.05 Å². The Morgan fingerprint density at radius 1 is 1.44 bits per heavy atom. The van der Waals surface area contributed by atoms with E-state index in [2.05, 4.69) is 0 Å². The Kier molecular flexibility index (Phi) is 3.69. The van der Waals surface area contributed by atoms with Crippen LogP contribution in [0.4, 0.5) is 0 Å². The van der Waals surface area contributed by atoms with Crippen LogP contribution >= 0.6 is 0 Å². The van der Waals surface area contributed by atoms with Gasteiger partial charge in [-0.15, -0.1) is 0 Å². The highest BCUT2D eigenvalue weighted by Crippen LogP contribution is 2.34. The fourth-order valence-corrected chi connectivity index (χ4v) is 1.59. The Hall–Kier alpha value is -1.79. The normalized spacial score (nSPS) is 12.6. The molecule has 6 nitrogen and oxygen atoms in total. The van der Waals surface area contributed by atoms with Crippen LogP contribution in [-0.4, -0.2) is 31.4 Å². The van der Waals surface area contributed by atoms with E-state index in [-0.39, 0.29) is 19.3 Å². The van der Waals surface area contributed by atoms with Crippen molar-refractivity contribution in [3.63, 3.8) is 0 Å². The number of hydrazine groups is 1. The summed E-state index contributed by atoms with van der Waals surface area (Å²) in [6.07, 6.45) is 0. The van der Waals surface area contributed by atoms with Crippen LogP contribution in [0.15, 0.2) is 12.1 Å². The van der Waals surface area contributed by atoms with Gasteiger partial charge >= 0.3 is 0 Å². The predicted molar refractivity (Wildman–Crippen MR) is 63.9 cm³/mol. The van der Waals surface area contributed by atoms with Crippen LogP contribution in [-0.2, 0) is 16.1 Å². The standard InChI is InChI=1S/C12H16N2O4/c1-8-3-10-11(18-7-17-10)4-9(8)5-16-6-12(15)14(2)13/h3-4H,5-7,13H2,1-2H3. The number of nitrogens with zero attached hydrogens (tertiary/aromatic N) is 1. The molecular weight excluding hydrogens is 236 g/mol. The van der Waals surface area contributed by atoms with Crippen LogP contribution in [0.25, 0.3) is 0 Å². The van der Waals surface area contributed by atoms with Gasteiger partial charge in [0.15, 0.2) is 11.5 Å². The molecule has 1 aromatic carbocycles. The molecule has 0 radical (unpaired) electrons. The van der Waals surface area contributed by atoms with E-state index in [1.807, 2.05) is 19.1 Å². The molecule has 6 heteroatoms. The van der Waals surface area contributed by atoms with Crippen molar-refractivity contribution in [1.82, 2.24) is 5.01 Å². The van der Waals surface area contributed by atoms with Crippen molar-refractivity contribution in [1.29, 1.82) is 0 Å². The van der Waals surface area contributed by atoms with Crippen molar-refractivity contribution < 1.29 is 19.0 Å². The maximum atomic E-state index is 11.2. The number of nitrogens with two attached hydrogens (primary N) is 1. The number of amides is 1. The Morgan fingerprint density at radius 2 is 2.11 bits per heavy atom. The molecule has 1 aliphatic rings. The first kappa shape index (κ1) is 12.7. The average Bonchev–Trinajstić information content (AvgIpc) is 2.75. The lowest BCUT2D eigenvalue weighted by atomic mass is 10.1. The molecule has 0 saturated heterocycles. The topological polar surface area (TPSA) is 74.0 Å². The number of benzene rings is 1. The highest BCUT2D eigenvalue weighted by molar-refractivity contribution is 5.76. The van der Waals surface area contributed by atoms with Crippen molar-refractivity contribution in [3.8, 4) is 11.5 Å². The Labute approximate surface area is 105 Å². The van der Waals surface area contributed by atoms with Gasteiger partial charge in [-0.05, 0) is 30.2 Å². The average molecular weight is 252 g/mol. The highest BCUT2D eigenvalue weighted by atomic mass is 16.7. The van der Waals surface area contributed by atoms with Crippen molar-refractivity contribution in [2.75, 3.05) is 20.4 Å². The third kappa shape index (κ3) is 2.72. The van der Waals surface area contributed by atoms with Gasteiger partial charge in [0.05, 0.1) is 6.61 Å². The summed E-state index contributed by atoms with van der Waals surface area (Å²) in [6.45, 7) is 2.50. The third-order valence-corrected chi connectivity index (χ3v) is 2.71. The van der Waals surface area contributed by atoms with E-state index in [0.717, 1.165) is 21.9 Å². The van der Waals surface area contributed by atoms with E-state index >= 15 is 0 Å². The summed E-state index contributed by atoms with van der Waals surface area (Å²) in [4.78, 5) is 11.2.